The summed E-state index contributed by atoms with van der Waals surface area (Å²) in [6, 6.07) is 15.7. The monoisotopic (exact) mass is 563 g/mol. The van der Waals surface area contributed by atoms with Crippen LogP contribution in [0.4, 0.5) is 9.59 Å². The standard InChI is InChI=1S/C31H41N5O5/c1-6-36-25(21-34-16-18-35(19-17-34)30(39)33-31(3,4)5)26(28(37)40-7-2)27(32-29(36)38)22-12-11-15-24(20-22)41-23-13-9-8-10-14-23/h8-15,20,27H,6-7,16-19,21H2,1-5H3,(H,32,38)(H,33,39)/t27-/m0/s1. The molecule has 4 amide bonds. The van der Waals surface area contributed by atoms with Gasteiger partial charge in [-0.3, -0.25) is 9.80 Å². The fourth-order valence-corrected chi connectivity index (χ4v) is 5.01. The Labute approximate surface area is 242 Å². The van der Waals surface area contributed by atoms with Crippen molar-refractivity contribution in [2.45, 2.75) is 46.2 Å². The van der Waals surface area contributed by atoms with E-state index in [1.165, 1.54) is 0 Å². The lowest BCUT2D eigenvalue weighted by atomic mass is 9.94. The van der Waals surface area contributed by atoms with Gasteiger partial charge in [-0.2, -0.15) is 0 Å². The molecule has 0 spiro atoms. The maximum absolute atomic E-state index is 13.5. The molecular weight excluding hydrogens is 522 g/mol. The van der Waals surface area contributed by atoms with Gasteiger partial charge in [-0.1, -0.05) is 30.3 Å². The van der Waals surface area contributed by atoms with E-state index in [0.29, 0.717) is 67.6 Å². The minimum absolute atomic E-state index is 0.0894. The molecule has 220 valence electrons. The van der Waals surface area contributed by atoms with Crippen LogP contribution in [0, 0.1) is 0 Å². The van der Waals surface area contributed by atoms with Gasteiger partial charge in [-0.15, -0.1) is 0 Å². The molecule has 1 fully saturated rings. The van der Waals surface area contributed by atoms with E-state index in [-0.39, 0.29) is 24.2 Å². The summed E-state index contributed by atoms with van der Waals surface area (Å²) in [5, 5.41) is 6.03. The lowest BCUT2D eigenvalue weighted by Gasteiger charge is -2.40. The molecule has 1 atom stereocenters. The molecule has 10 heteroatoms. The van der Waals surface area contributed by atoms with Gasteiger partial charge in [0.1, 0.15) is 11.5 Å². The number of hydrogen-bond acceptors (Lipinski definition) is 6. The number of ether oxygens (including phenoxy) is 2. The minimum Gasteiger partial charge on any atom is -0.463 e. The van der Waals surface area contributed by atoms with Crippen molar-refractivity contribution in [1.29, 1.82) is 0 Å². The molecule has 0 aliphatic carbocycles. The van der Waals surface area contributed by atoms with Gasteiger partial charge in [-0.25, -0.2) is 14.4 Å². The average Bonchev–Trinajstić information content (AvgIpc) is 2.93. The zero-order chi connectivity index (χ0) is 29.6. The highest BCUT2D eigenvalue weighted by molar-refractivity contribution is 5.95. The minimum atomic E-state index is -0.711. The van der Waals surface area contributed by atoms with Gasteiger partial charge >= 0.3 is 18.0 Å². The number of amides is 4. The molecule has 10 nitrogen and oxygen atoms in total. The van der Waals surface area contributed by atoms with Gasteiger partial charge in [0.05, 0.1) is 18.2 Å². The van der Waals surface area contributed by atoms with E-state index in [9.17, 15) is 14.4 Å². The third-order valence-corrected chi connectivity index (χ3v) is 6.94. The Balaban J connectivity index is 1.62. The van der Waals surface area contributed by atoms with E-state index in [2.05, 4.69) is 15.5 Å². The van der Waals surface area contributed by atoms with E-state index >= 15 is 0 Å². The number of carbonyl (C=O) groups excluding carboxylic acids is 3. The number of esters is 1. The summed E-state index contributed by atoms with van der Waals surface area (Å²) in [6.07, 6.45) is 0. The fraction of sp³-hybridized carbons (Fsp3) is 0.452. The molecule has 0 radical (unpaired) electrons. The predicted molar refractivity (Wildman–Crippen MR) is 157 cm³/mol. The zero-order valence-electron chi connectivity index (χ0n) is 24.6. The number of para-hydroxylation sites is 1. The number of benzene rings is 2. The Bertz CT molecular complexity index is 1270. The third kappa shape index (κ3) is 7.58. The van der Waals surface area contributed by atoms with Crippen LogP contribution in [0.3, 0.4) is 0 Å². The van der Waals surface area contributed by atoms with Crippen LogP contribution < -0.4 is 15.4 Å². The van der Waals surface area contributed by atoms with Crippen molar-refractivity contribution < 1.29 is 23.9 Å². The number of hydrogen-bond donors (Lipinski definition) is 2. The van der Waals surface area contributed by atoms with Gasteiger partial charge in [-0.05, 0) is 64.4 Å². The Hall–Kier alpha value is -4.05. The third-order valence-electron chi connectivity index (χ3n) is 6.94. The van der Waals surface area contributed by atoms with E-state index < -0.39 is 12.0 Å². The van der Waals surface area contributed by atoms with Crippen LogP contribution in [-0.4, -0.2) is 84.1 Å². The van der Waals surface area contributed by atoms with Crippen molar-refractivity contribution in [2.24, 2.45) is 0 Å². The van der Waals surface area contributed by atoms with Crippen molar-refractivity contribution in [3.05, 3.63) is 71.4 Å². The molecule has 41 heavy (non-hydrogen) atoms. The second-order valence-corrected chi connectivity index (χ2v) is 11.1. The van der Waals surface area contributed by atoms with Crippen molar-refractivity contribution in [3.63, 3.8) is 0 Å². The molecule has 4 rings (SSSR count). The number of piperazine rings is 1. The average molecular weight is 564 g/mol. The molecule has 2 aliphatic rings. The molecule has 2 heterocycles. The summed E-state index contributed by atoms with van der Waals surface area (Å²) < 4.78 is 11.5. The number of carbonyl (C=O) groups is 3. The van der Waals surface area contributed by atoms with E-state index in [1.54, 1.807) is 16.7 Å². The number of nitrogens with one attached hydrogen (secondary N) is 2. The van der Waals surface area contributed by atoms with Crippen molar-refractivity contribution in [1.82, 2.24) is 25.3 Å². The highest BCUT2D eigenvalue weighted by Gasteiger charge is 2.39. The first-order chi connectivity index (χ1) is 19.6. The Morgan fingerprint density at radius 2 is 1.66 bits per heavy atom. The van der Waals surface area contributed by atoms with E-state index in [0.717, 1.165) is 0 Å². The second kappa shape index (κ2) is 13.1. The molecule has 2 aliphatic heterocycles. The van der Waals surface area contributed by atoms with E-state index in [1.807, 2.05) is 82.3 Å². The van der Waals surface area contributed by atoms with Crippen LogP contribution in [0.5, 0.6) is 11.5 Å². The number of urea groups is 2. The summed E-state index contributed by atoms with van der Waals surface area (Å²) in [4.78, 5) is 45.1. The maximum Gasteiger partial charge on any atom is 0.338 e. The van der Waals surface area contributed by atoms with Gasteiger partial charge in [0.15, 0.2) is 0 Å². The molecule has 0 unspecified atom stereocenters. The van der Waals surface area contributed by atoms with Crippen LogP contribution in [0.15, 0.2) is 65.9 Å². The van der Waals surface area contributed by atoms with Gasteiger partial charge < -0.3 is 25.0 Å². The molecular formula is C31H41N5O5. The Morgan fingerprint density at radius 3 is 2.29 bits per heavy atom. The van der Waals surface area contributed by atoms with Gasteiger partial charge in [0.2, 0.25) is 0 Å². The Morgan fingerprint density at radius 1 is 0.976 bits per heavy atom. The van der Waals surface area contributed by atoms with Crippen molar-refractivity contribution in [3.8, 4) is 11.5 Å². The van der Waals surface area contributed by atoms with E-state index in [4.69, 9.17) is 9.47 Å². The van der Waals surface area contributed by atoms with Crippen LogP contribution in [-0.2, 0) is 9.53 Å². The molecule has 1 saturated heterocycles. The zero-order valence-corrected chi connectivity index (χ0v) is 24.6. The normalized spacial score (nSPS) is 18.2. The summed E-state index contributed by atoms with van der Waals surface area (Å²) in [5.41, 5.74) is 1.41. The highest BCUT2D eigenvalue weighted by atomic mass is 16.5. The van der Waals surface area contributed by atoms with Crippen LogP contribution in [0.2, 0.25) is 0 Å². The topological polar surface area (TPSA) is 103 Å². The summed E-state index contributed by atoms with van der Waals surface area (Å²) >= 11 is 0. The van der Waals surface area contributed by atoms with Crippen LogP contribution in [0.25, 0.3) is 0 Å². The van der Waals surface area contributed by atoms with Crippen molar-refractivity contribution in [2.75, 3.05) is 45.9 Å². The van der Waals surface area contributed by atoms with Crippen LogP contribution in [0.1, 0.15) is 46.2 Å². The molecule has 2 N–H and O–H groups in total. The van der Waals surface area contributed by atoms with Gasteiger partial charge in [0.25, 0.3) is 0 Å². The largest absolute Gasteiger partial charge is 0.463 e. The second-order valence-electron chi connectivity index (χ2n) is 11.1. The Kier molecular flexibility index (Phi) is 9.54. The first-order valence-electron chi connectivity index (χ1n) is 14.2. The number of likely N-dealkylation sites (N-methyl/N-ethyl adjacent to an activating group) is 1. The molecule has 0 bridgehead atoms. The summed E-state index contributed by atoms with van der Waals surface area (Å²) in [6.45, 7) is 12.8. The molecule has 2 aromatic rings. The summed E-state index contributed by atoms with van der Waals surface area (Å²) in [5.74, 6) is 0.811. The first-order valence-corrected chi connectivity index (χ1v) is 14.2. The molecule has 2 aromatic carbocycles. The van der Waals surface area contributed by atoms with Gasteiger partial charge in [0, 0.05) is 50.5 Å². The lowest BCUT2D eigenvalue weighted by Crippen LogP contribution is -2.56. The molecule has 0 saturated carbocycles. The maximum atomic E-state index is 13.5. The molecule has 0 aromatic heterocycles. The highest BCUT2D eigenvalue weighted by Crippen LogP contribution is 2.34. The smallest absolute Gasteiger partial charge is 0.338 e. The lowest BCUT2D eigenvalue weighted by molar-refractivity contribution is -0.139. The fourth-order valence-electron chi connectivity index (χ4n) is 5.01. The summed E-state index contributed by atoms with van der Waals surface area (Å²) in [7, 11) is 0. The van der Waals surface area contributed by atoms with Crippen LogP contribution >= 0.6 is 0 Å². The first kappa shape index (κ1) is 29.9. The number of rotatable bonds is 8. The van der Waals surface area contributed by atoms with Crippen molar-refractivity contribution >= 4 is 18.0 Å². The predicted octanol–water partition coefficient (Wildman–Crippen LogP) is 4.51. The number of nitrogens with zero attached hydrogens (tertiary/aromatic N) is 3. The SMILES string of the molecule is CCOC(=O)C1=C(CN2CCN(C(=O)NC(C)(C)C)CC2)N(CC)C(=O)N[C@H]1c1cccc(Oc2ccccc2)c1. The quantitative estimate of drug-likeness (QED) is 0.458.